The number of hydrogen-bond acceptors (Lipinski definition) is 6. The van der Waals surface area contributed by atoms with Gasteiger partial charge in [0.15, 0.2) is 0 Å². The summed E-state index contributed by atoms with van der Waals surface area (Å²) < 4.78 is 25.7. The summed E-state index contributed by atoms with van der Waals surface area (Å²) in [6.45, 7) is 0. The van der Waals surface area contributed by atoms with Crippen LogP contribution in [-0.4, -0.2) is 41.5 Å². The highest BCUT2D eigenvalue weighted by atomic mass is 32.2. The van der Waals surface area contributed by atoms with Gasteiger partial charge in [-0.25, -0.2) is 27.7 Å². The van der Waals surface area contributed by atoms with Gasteiger partial charge in [0.25, 0.3) is 0 Å². The summed E-state index contributed by atoms with van der Waals surface area (Å²) in [6, 6.07) is 5.95. The molecule has 1 aliphatic carbocycles. The van der Waals surface area contributed by atoms with Crippen LogP contribution in [0, 0.1) is 0 Å². The average Bonchev–Trinajstić information content (AvgIpc) is 2.52. The van der Waals surface area contributed by atoms with E-state index in [9.17, 15) is 8.42 Å². The Morgan fingerprint density at radius 1 is 1.22 bits per heavy atom. The van der Waals surface area contributed by atoms with E-state index in [0.29, 0.717) is 6.42 Å². The average molecular weight is 329 g/mol. The van der Waals surface area contributed by atoms with Gasteiger partial charge < -0.3 is 5.73 Å². The molecule has 4 rings (SSSR count). The van der Waals surface area contributed by atoms with Gasteiger partial charge in [0, 0.05) is 31.4 Å². The highest BCUT2D eigenvalue weighted by molar-refractivity contribution is 7.89. The van der Waals surface area contributed by atoms with Crippen molar-refractivity contribution in [3.63, 3.8) is 0 Å². The molecule has 2 heterocycles. The zero-order valence-electron chi connectivity index (χ0n) is 12.5. The second kappa shape index (κ2) is 4.51. The van der Waals surface area contributed by atoms with Crippen molar-refractivity contribution < 1.29 is 8.42 Å². The quantitative estimate of drug-likeness (QED) is 0.820. The first-order chi connectivity index (χ1) is 10.9. The fraction of sp³-hybridized carbons (Fsp3) is 0.267. The summed E-state index contributed by atoms with van der Waals surface area (Å²) in [5.41, 5.74) is 8.89. The van der Waals surface area contributed by atoms with E-state index in [2.05, 4.69) is 15.0 Å². The summed E-state index contributed by atoms with van der Waals surface area (Å²) in [5.74, 6) is -0.0192. The number of aromatic nitrogens is 2. The minimum atomic E-state index is -3.45. The maximum absolute atomic E-state index is 12.3. The lowest BCUT2D eigenvalue weighted by Crippen LogP contribution is -2.55. The van der Waals surface area contributed by atoms with Crippen LogP contribution in [0.1, 0.15) is 11.1 Å². The molecule has 0 fully saturated rings. The molecule has 1 aliphatic heterocycles. The van der Waals surface area contributed by atoms with Gasteiger partial charge >= 0.3 is 0 Å². The first-order valence-corrected chi connectivity index (χ1v) is 8.73. The van der Waals surface area contributed by atoms with Gasteiger partial charge in [0.05, 0.1) is 5.75 Å². The highest BCUT2D eigenvalue weighted by Gasteiger charge is 2.50. The molecule has 0 radical (unpaired) electrons. The van der Waals surface area contributed by atoms with E-state index in [1.54, 1.807) is 12.4 Å². The molecule has 0 bridgehead atoms. The second-order valence-electron chi connectivity index (χ2n) is 5.90. The summed E-state index contributed by atoms with van der Waals surface area (Å²) in [7, 11) is -2.02. The van der Waals surface area contributed by atoms with Gasteiger partial charge in [0.2, 0.25) is 16.0 Å². The molecule has 1 aromatic heterocycles. The van der Waals surface area contributed by atoms with Crippen molar-refractivity contribution in [3.8, 4) is 11.1 Å². The molecule has 8 heteroatoms. The van der Waals surface area contributed by atoms with Crippen molar-refractivity contribution in [1.82, 2.24) is 14.3 Å². The van der Waals surface area contributed by atoms with Crippen molar-refractivity contribution in [1.29, 1.82) is 0 Å². The number of rotatable bonds is 1. The van der Waals surface area contributed by atoms with Gasteiger partial charge in [-0.15, -0.1) is 0 Å². The van der Waals surface area contributed by atoms with Crippen LogP contribution in [-0.2, 0) is 22.0 Å². The van der Waals surface area contributed by atoms with E-state index in [1.807, 2.05) is 18.2 Å². The SMILES string of the molecule is CN1C(N)=N[C@@]2(Cc3ccc(-c4cncnc4)cc32)CS1(=O)=O. The zero-order chi connectivity index (χ0) is 16.2. The summed E-state index contributed by atoms with van der Waals surface area (Å²) in [4.78, 5) is 12.5. The molecule has 7 nitrogen and oxygen atoms in total. The van der Waals surface area contributed by atoms with Crippen LogP contribution in [0.2, 0.25) is 0 Å². The highest BCUT2D eigenvalue weighted by Crippen LogP contribution is 2.46. The maximum atomic E-state index is 12.3. The van der Waals surface area contributed by atoms with E-state index >= 15 is 0 Å². The lowest BCUT2D eigenvalue weighted by atomic mass is 9.71. The van der Waals surface area contributed by atoms with Crippen molar-refractivity contribution in [2.45, 2.75) is 12.0 Å². The molecule has 0 amide bonds. The van der Waals surface area contributed by atoms with Gasteiger partial charge in [-0.2, -0.15) is 0 Å². The number of guanidine groups is 1. The standard InChI is InChI=1S/C15H15N5O2S/c1-20-14(16)19-15(8-23(20,21)22)5-11-3-2-10(4-13(11)15)12-6-17-9-18-7-12/h2-4,6-7,9H,5,8H2,1H3,(H2,16,19)/t15-/m0/s1. The smallest absolute Gasteiger partial charge is 0.239 e. The monoisotopic (exact) mass is 329 g/mol. The molecular formula is C15H15N5O2S. The van der Waals surface area contributed by atoms with Crippen LogP contribution in [0.15, 0.2) is 41.9 Å². The van der Waals surface area contributed by atoms with Crippen molar-refractivity contribution in [3.05, 3.63) is 48.0 Å². The van der Waals surface area contributed by atoms with Crippen LogP contribution in [0.4, 0.5) is 0 Å². The molecule has 1 spiro atoms. The third-order valence-corrected chi connectivity index (χ3v) is 6.34. The van der Waals surface area contributed by atoms with Gasteiger partial charge in [-0.3, -0.25) is 0 Å². The molecule has 0 saturated heterocycles. The lowest BCUT2D eigenvalue weighted by Gasteiger charge is -2.44. The van der Waals surface area contributed by atoms with E-state index in [0.717, 1.165) is 26.6 Å². The molecule has 118 valence electrons. The van der Waals surface area contributed by atoms with Gasteiger partial charge in [-0.1, -0.05) is 12.1 Å². The summed E-state index contributed by atoms with van der Waals surface area (Å²) in [6.07, 6.45) is 5.51. The Labute approximate surface area is 133 Å². The molecule has 0 saturated carbocycles. The minimum Gasteiger partial charge on any atom is -0.369 e. The Balaban J connectivity index is 1.83. The van der Waals surface area contributed by atoms with E-state index in [-0.39, 0.29) is 11.7 Å². The first kappa shape index (κ1) is 14.1. The van der Waals surface area contributed by atoms with Crippen LogP contribution in [0.5, 0.6) is 0 Å². The number of sulfonamides is 1. The van der Waals surface area contributed by atoms with Crippen molar-refractivity contribution in [2.24, 2.45) is 10.7 Å². The maximum Gasteiger partial charge on any atom is 0.239 e. The largest absolute Gasteiger partial charge is 0.369 e. The number of nitrogens with two attached hydrogens (primary N) is 1. The summed E-state index contributed by atoms with van der Waals surface area (Å²) >= 11 is 0. The molecule has 2 N–H and O–H groups in total. The van der Waals surface area contributed by atoms with Crippen molar-refractivity contribution in [2.75, 3.05) is 12.8 Å². The van der Waals surface area contributed by atoms with Crippen LogP contribution < -0.4 is 5.73 Å². The van der Waals surface area contributed by atoms with Crippen LogP contribution in [0.25, 0.3) is 11.1 Å². The molecule has 1 atom stereocenters. The number of nitrogens with zero attached hydrogens (tertiary/aromatic N) is 4. The third-order valence-electron chi connectivity index (χ3n) is 4.48. The van der Waals surface area contributed by atoms with E-state index in [1.165, 1.54) is 13.4 Å². The van der Waals surface area contributed by atoms with E-state index in [4.69, 9.17) is 5.73 Å². The fourth-order valence-electron chi connectivity index (χ4n) is 3.19. The minimum absolute atomic E-state index is 0.0374. The molecular weight excluding hydrogens is 314 g/mol. The lowest BCUT2D eigenvalue weighted by molar-refractivity contribution is 0.401. The second-order valence-corrected chi connectivity index (χ2v) is 7.90. The summed E-state index contributed by atoms with van der Waals surface area (Å²) in [5, 5.41) is 0. The van der Waals surface area contributed by atoms with Crippen LogP contribution in [0.3, 0.4) is 0 Å². The molecule has 0 unspecified atom stereocenters. The topological polar surface area (TPSA) is 102 Å². The molecule has 2 aromatic rings. The first-order valence-electron chi connectivity index (χ1n) is 7.12. The van der Waals surface area contributed by atoms with Crippen LogP contribution >= 0.6 is 0 Å². The molecule has 2 aliphatic rings. The number of benzene rings is 1. The Morgan fingerprint density at radius 2 is 1.96 bits per heavy atom. The zero-order valence-corrected chi connectivity index (χ0v) is 13.3. The number of hydrogen-bond donors (Lipinski definition) is 1. The molecule has 1 aromatic carbocycles. The number of aliphatic imine (C=N–C) groups is 1. The normalized spacial score (nSPS) is 24.7. The predicted molar refractivity (Wildman–Crippen MR) is 86.0 cm³/mol. The Bertz CT molecular complexity index is 926. The third kappa shape index (κ3) is 2.02. The van der Waals surface area contributed by atoms with Crippen molar-refractivity contribution >= 4 is 16.0 Å². The Morgan fingerprint density at radius 3 is 2.65 bits per heavy atom. The fourth-order valence-corrected chi connectivity index (χ4v) is 4.63. The van der Waals surface area contributed by atoms with Gasteiger partial charge in [-0.05, 0) is 22.8 Å². The van der Waals surface area contributed by atoms with Gasteiger partial charge in [0.1, 0.15) is 11.9 Å². The molecule has 23 heavy (non-hydrogen) atoms. The Kier molecular flexibility index (Phi) is 2.77. The van der Waals surface area contributed by atoms with E-state index < -0.39 is 15.6 Å². The predicted octanol–water partition coefficient (Wildman–Crippen LogP) is 0.485. The Hall–Kier alpha value is -2.48. The number of fused-ring (bicyclic) bond motifs is 2.